The number of hydrogen-bond donors (Lipinski definition) is 2. The van der Waals surface area contributed by atoms with Crippen molar-refractivity contribution in [2.24, 2.45) is 0 Å². The van der Waals surface area contributed by atoms with Crippen LogP contribution in [0.15, 0.2) is 46.9 Å². The first kappa shape index (κ1) is 13.1. The van der Waals surface area contributed by atoms with Crippen molar-refractivity contribution in [2.75, 3.05) is 16.8 Å². The average Bonchev–Trinajstić information content (AvgIpc) is 2.46. The molecule has 1 aliphatic heterocycles. The minimum atomic E-state index is -0.0361. The maximum absolute atomic E-state index is 11.8. The van der Waals surface area contributed by atoms with E-state index in [1.807, 2.05) is 47.4 Å². The van der Waals surface area contributed by atoms with Gasteiger partial charge in [0.05, 0.1) is 18.0 Å². The summed E-state index contributed by atoms with van der Waals surface area (Å²) in [4.78, 5) is 13.8. The normalized spacial score (nSPS) is 13.9. The van der Waals surface area contributed by atoms with Crippen LogP contribution in [-0.2, 0) is 11.4 Å². The predicted molar refractivity (Wildman–Crippen MR) is 82.1 cm³/mol. The van der Waals surface area contributed by atoms with Gasteiger partial charge in [-0.3, -0.25) is 4.79 Å². The van der Waals surface area contributed by atoms with E-state index in [0.29, 0.717) is 0 Å². The van der Waals surface area contributed by atoms with Gasteiger partial charge in [-0.05, 0) is 29.8 Å². The average molecular weight is 333 g/mol. The van der Waals surface area contributed by atoms with E-state index >= 15 is 0 Å². The van der Waals surface area contributed by atoms with Gasteiger partial charge in [0.2, 0.25) is 5.91 Å². The van der Waals surface area contributed by atoms with Gasteiger partial charge in [-0.15, -0.1) is 0 Å². The monoisotopic (exact) mass is 332 g/mol. The fraction of sp³-hybridized carbons (Fsp3) is 0.133. The van der Waals surface area contributed by atoms with Gasteiger partial charge in [0, 0.05) is 10.2 Å². The van der Waals surface area contributed by atoms with Crippen LogP contribution in [0.4, 0.5) is 17.1 Å². The minimum Gasteiger partial charge on any atom is -0.392 e. The van der Waals surface area contributed by atoms with E-state index in [-0.39, 0.29) is 19.1 Å². The molecule has 0 saturated carbocycles. The van der Waals surface area contributed by atoms with E-state index in [1.165, 1.54) is 0 Å². The Morgan fingerprint density at radius 3 is 2.80 bits per heavy atom. The molecule has 2 aromatic carbocycles. The smallest absolute Gasteiger partial charge is 0.244 e. The molecule has 0 spiro atoms. The first-order valence-electron chi connectivity index (χ1n) is 6.25. The predicted octanol–water partition coefficient (Wildman–Crippen LogP) is 3.03. The summed E-state index contributed by atoms with van der Waals surface area (Å²) < 4.78 is 0.834. The van der Waals surface area contributed by atoms with Crippen LogP contribution in [-0.4, -0.2) is 17.6 Å². The van der Waals surface area contributed by atoms with Crippen molar-refractivity contribution in [3.05, 3.63) is 52.5 Å². The highest BCUT2D eigenvalue weighted by molar-refractivity contribution is 9.10. The number of fused-ring (bicyclic) bond motifs is 1. The summed E-state index contributed by atoms with van der Waals surface area (Å²) in [6.45, 7) is 0.264. The Balaban J connectivity index is 2.06. The van der Waals surface area contributed by atoms with E-state index in [9.17, 15) is 9.90 Å². The van der Waals surface area contributed by atoms with Crippen molar-refractivity contribution in [2.45, 2.75) is 6.61 Å². The maximum Gasteiger partial charge on any atom is 0.244 e. The Labute approximate surface area is 125 Å². The molecule has 1 heterocycles. The van der Waals surface area contributed by atoms with E-state index in [4.69, 9.17) is 0 Å². The molecule has 4 nitrogen and oxygen atoms in total. The summed E-state index contributed by atoms with van der Waals surface area (Å²) >= 11 is 3.44. The first-order valence-corrected chi connectivity index (χ1v) is 7.04. The molecule has 0 saturated heterocycles. The number of para-hydroxylation sites is 2. The van der Waals surface area contributed by atoms with Crippen molar-refractivity contribution >= 4 is 38.9 Å². The molecule has 0 fully saturated rings. The highest BCUT2D eigenvalue weighted by Gasteiger charge is 2.22. The number of rotatable bonds is 2. The fourth-order valence-corrected chi connectivity index (χ4v) is 2.79. The second-order valence-corrected chi connectivity index (χ2v) is 5.44. The van der Waals surface area contributed by atoms with Crippen LogP contribution in [0.1, 0.15) is 5.56 Å². The van der Waals surface area contributed by atoms with Crippen molar-refractivity contribution in [1.82, 2.24) is 0 Å². The Morgan fingerprint density at radius 1 is 1.25 bits per heavy atom. The molecule has 0 unspecified atom stereocenters. The number of hydrogen-bond acceptors (Lipinski definition) is 3. The Kier molecular flexibility index (Phi) is 3.46. The lowest BCUT2D eigenvalue weighted by atomic mass is 10.1. The lowest BCUT2D eigenvalue weighted by molar-refractivity contribution is -0.115. The molecule has 5 heteroatoms. The van der Waals surface area contributed by atoms with Crippen LogP contribution in [0.2, 0.25) is 0 Å². The number of aliphatic hydroxyl groups excluding tert-OH is 1. The highest BCUT2D eigenvalue weighted by Crippen LogP contribution is 2.36. The highest BCUT2D eigenvalue weighted by atomic mass is 79.9. The molecule has 1 aliphatic rings. The maximum atomic E-state index is 11.8. The quantitative estimate of drug-likeness (QED) is 0.888. The summed E-state index contributed by atoms with van der Waals surface area (Å²) in [6, 6.07) is 13.4. The van der Waals surface area contributed by atoms with Gasteiger partial charge < -0.3 is 15.3 Å². The zero-order valence-corrected chi connectivity index (χ0v) is 12.2. The van der Waals surface area contributed by atoms with Gasteiger partial charge in [0.25, 0.3) is 0 Å². The molecule has 0 bridgehead atoms. The number of carbonyl (C=O) groups excluding carboxylic acids is 1. The number of benzene rings is 2. The second-order valence-electron chi connectivity index (χ2n) is 4.59. The fourth-order valence-electron chi connectivity index (χ4n) is 2.30. The standard InChI is InChI=1S/C15H13BrN2O2/c16-12-7-11(6-5-10(12)9-19)18-8-15(20)17-13-3-1-2-4-14(13)18/h1-7,19H,8-9H2,(H,17,20). The van der Waals surface area contributed by atoms with Gasteiger partial charge in [-0.2, -0.15) is 0 Å². The molecule has 0 atom stereocenters. The van der Waals surface area contributed by atoms with Crippen LogP contribution in [0.25, 0.3) is 0 Å². The van der Waals surface area contributed by atoms with Gasteiger partial charge >= 0.3 is 0 Å². The molecule has 20 heavy (non-hydrogen) atoms. The van der Waals surface area contributed by atoms with Crippen molar-refractivity contribution in [3.8, 4) is 0 Å². The number of aliphatic hydroxyl groups is 1. The van der Waals surface area contributed by atoms with Crippen molar-refractivity contribution in [1.29, 1.82) is 0 Å². The molecule has 0 radical (unpaired) electrons. The van der Waals surface area contributed by atoms with E-state index < -0.39 is 0 Å². The Hall–Kier alpha value is -1.85. The molecule has 0 aromatic heterocycles. The van der Waals surface area contributed by atoms with Gasteiger partial charge in [0.15, 0.2) is 0 Å². The van der Waals surface area contributed by atoms with Crippen LogP contribution in [0.5, 0.6) is 0 Å². The number of carbonyl (C=O) groups is 1. The van der Waals surface area contributed by atoms with Crippen molar-refractivity contribution < 1.29 is 9.90 Å². The minimum absolute atomic E-state index is 0.0159. The molecule has 2 N–H and O–H groups in total. The van der Waals surface area contributed by atoms with Crippen LogP contribution in [0, 0.1) is 0 Å². The Morgan fingerprint density at radius 2 is 2.05 bits per heavy atom. The molecular formula is C15H13BrN2O2. The summed E-state index contributed by atoms with van der Waals surface area (Å²) in [5.41, 5.74) is 3.52. The SMILES string of the molecule is O=C1CN(c2ccc(CO)c(Br)c2)c2ccccc2N1. The van der Waals surface area contributed by atoms with Crippen LogP contribution in [0.3, 0.4) is 0 Å². The summed E-state index contributed by atoms with van der Waals surface area (Å²) in [5.74, 6) is -0.0361. The lowest BCUT2D eigenvalue weighted by Gasteiger charge is -2.31. The zero-order chi connectivity index (χ0) is 14.1. The van der Waals surface area contributed by atoms with Crippen LogP contribution >= 0.6 is 15.9 Å². The van der Waals surface area contributed by atoms with Gasteiger partial charge in [0.1, 0.15) is 6.54 Å². The van der Waals surface area contributed by atoms with Gasteiger partial charge in [-0.25, -0.2) is 0 Å². The lowest BCUT2D eigenvalue weighted by Crippen LogP contribution is -2.34. The number of halogens is 1. The summed E-state index contributed by atoms with van der Waals surface area (Å²) in [6.07, 6.45) is 0. The first-order chi connectivity index (χ1) is 9.69. The van der Waals surface area contributed by atoms with E-state index in [0.717, 1.165) is 27.1 Å². The van der Waals surface area contributed by atoms with Gasteiger partial charge in [-0.1, -0.05) is 34.1 Å². The van der Waals surface area contributed by atoms with Crippen molar-refractivity contribution in [3.63, 3.8) is 0 Å². The van der Waals surface area contributed by atoms with E-state index in [2.05, 4.69) is 21.2 Å². The summed E-state index contributed by atoms with van der Waals surface area (Å²) in [5, 5.41) is 12.1. The number of nitrogens with zero attached hydrogens (tertiary/aromatic N) is 1. The second kappa shape index (κ2) is 5.26. The van der Waals surface area contributed by atoms with Crippen LogP contribution < -0.4 is 10.2 Å². The molecular weight excluding hydrogens is 320 g/mol. The number of nitrogens with one attached hydrogen (secondary N) is 1. The number of amides is 1. The molecule has 0 aliphatic carbocycles. The molecule has 2 aromatic rings. The third-order valence-electron chi connectivity index (χ3n) is 3.29. The molecule has 1 amide bonds. The third-order valence-corrected chi connectivity index (χ3v) is 4.03. The zero-order valence-electron chi connectivity index (χ0n) is 10.6. The molecule has 3 rings (SSSR count). The van der Waals surface area contributed by atoms with E-state index in [1.54, 1.807) is 0 Å². The number of anilines is 3. The molecule has 102 valence electrons. The topological polar surface area (TPSA) is 52.6 Å². The summed E-state index contributed by atoms with van der Waals surface area (Å²) in [7, 11) is 0. The third kappa shape index (κ3) is 2.30. The Bertz CT molecular complexity index is 673. The largest absolute Gasteiger partial charge is 0.392 e.